The number of oxime groups is 1. The second kappa shape index (κ2) is 6.27. The summed E-state index contributed by atoms with van der Waals surface area (Å²) < 4.78 is 4.92. The lowest BCUT2D eigenvalue weighted by Crippen LogP contribution is -1.93. The minimum absolute atomic E-state index is 0.147. The molecule has 0 spiro atoms. The Morgan fingerprint density at radius 1 is 1.40 bits per heavy atom. The van der Waals surface area contributed by atoms with Crippen LogP contribution in [0.15, 0.2) is 28.0 Å². The normalized spacial score (nSPS) is 9.35. The van der Waals surface area contributed by atoms with Crippen molar-refractivity contribution >= 4 is 17.3 Å². The van der Waals surface area contributed by atoms with Crippen LogP contribution in [0.1, 0.15) is 5.89 Å². The molecule has 0 aliphatic carbocycles. The summed E-state index contributed by atoms with van der Waals surface area (Å²) in [6.45, 7) is -0.152. The first kappa shape index (κ1) is 13.5. The lowest BCUT2D eigenvalue weighted by Gasteiger charge is -1.93. The molecule has 20 heavy (non-hydrogen) atoms. The molecule has 8 nitrogen and oxygen atoms in total. The topological polar surface area (TPSA) is 121 Å². The van der Waals surface area contributed by atoms with E-state index in [1.54, 1.807) is 24.3 Å². The summed E-state index contributed by atoms with van der Waals surface area (Å²) in [6.07, 6.45) is 1.50. The van der Waals surface area contributed by atoms with Crippen molar-refractivity contribution in [2.45, 2.75) is 6.61 Å². The average Bonchev–Trinajstić information content (AvgIpc) is 2.93. The summed E-state index contributed by atoms with van der Waals surface area (Å²) in [7, 11) is 0. The molecule has 2 rings (SSSR count). The fraction of sp³-hybridized carbons (Fsp3) is 0.0909. The Morgan fingerprint density at radius 3 is 2.85 bits per heavy atom. The van der Waals surface area contributed by atoms with Gasteiger partial charge in [-0.3, -0.25) is 0 Å². The third-order valence-corrected chi connectivity index (χ3v) is 2.23. The molecular weight excluding hydrogens is 284 g/mol. The Balaban J connectivity index is 2.03. The van der Waals surface area contributed by atoms with Crippen LogP contribution in [-0.2, 0) is 11.4 Å². The number of aromatic nitrogens is 3. The van der Waals surface area contributed by atoms with Crippen LogP contribution in [0.2, 0.25) is 5.15 Å². The zero-order chi connectivity index (χ0) is 14.4. The molecule has 0 saturated carbocycles. The van der Waals surface area contributed by atoms with Crippen molar-refractivity contribution in [1.82, 2.24) is 15.1 Å². The van der Waals surface area contributed by atoms with Gasteiger partial charge in [0, 0.05) is 11.8 Å². The van der Waals surface area contributed by atoms with E-state index in [1.807, 2.05) is 0 Å². The molecule has 2 aromatic rings. The van der Waals surface area contributed by atoms with Gasteiger partial charge in [-0.2, -0.15) is 15.5 Å². The molecule has 0 N–H and O–H groups in total. The van der Waals surface area contributed by atoms with Crippen LogP contribution in [0, 0.1) is 22.7 Å². The zero-order valence-corrected chi connectivity index (χ0v) is 10.6. The monoisotopic (exact) mass is 288 g/mol. The zero-order valence-electron chi connectivity index (χ0n) is 9.82. The van der Waals surface area contributed by atoms with Crippen molar-refractivity contribution in [2.75, 3.05) is 0 Å². The van der Waals surface area contributed by atoms with Crippen LogP contribution in [-0.4, -0.2) is 20.8 Å². The van der Waals surface area contributed by atoms with Gasteiger partial charge in [-0.1, -0.05) is 21.9 Å². The largest absolute Gasteiger partial charge is 0.384 e. The molecule has 0 fully saturated rings. The van der Waals surface area contributed by atoms with Gasteiger partial charge >= 0.3 is 0 Å². The maximum Gasteiger partial charge on any atom is 0.267 e. The second-order valence-corrected chi connectivity index (χ2v) is 3.71. The van der Waals surface area contributed by atoms with Crippen LogP contribution in [0.25, 0.3) is 11.4 Å². The molecule has 0 unspecified atom stereocenters. The molecule has 0 aliphatic heterocycles. The predicted octanol–water partition coefficient (Wildman–Crippen LogP) is 1.70. The molecule has 0 radical (unpaired) electrons. The van der Waals surface area contributed by atoms with Crippen LogP contribution in [0.4, 0.5) is 0 Å². The third-order valence-electron chi connectivity index (χ3n) is 2.01. The molecule has 2 aromatic heterocycles. The standard InChI is InChI=1S/C11H5ClN6O2/c12-9-2-1-7(5-15-9)11-16-10(20-18-11)6-19-17-8(3-13)4-14/h1-2,5H,6H2. The van der Waals surface area contributed by atoms with E-state index in [4.69, 9.17) is 31.5 Å². The molecule has 0 aliphatic rings. The fourth-order valence-corrected chi connectivity index (χ4v) is 1.27. The Morgan fingerprint density at radius 2 is 2.20 bits per heavy atom. The first-order chi connectivity index (χ1) is 9.72. The van der Waals surface area contributed by atoms with E-state index in [-0.39, 0.29) is 12.5 Å². The number of nitrogens with zero attached hydrogens (tertiary/aromatic N) is 6. The first-order valence-electron chi connectivity index (χ1n) is 5.17. The molecule has 0 aromatic carbocycles. The molecule has 9 heteroatoms. The van der Waals surface area contributed by atoms with E-state index in [1.165, 1.54) is 6.20 Å². The highest BCUT2D eigenvalue weighted by molar-refractivity contribution is 6.29. The Bertz CT molecular complexity index is 694. The molecular formula is C11H5ClN6O2. The summed E-state index contributed by atoms with van der Waals surface area (Å²) in [5.74, 6) is 0.464. The minimum Gasteiger partial charge on any atom is -0.384 e. The maximum absolute atomic E-state index is 8.45. The summed E-state index contributed by atoms with van der Waals surface area (Å²) in [4.78, 5) is 12.7. The summed E-state index contributed by atoms with van der Waals surface area (Å²) in [5, 5.41) is 24.3. The number of hydrogen-bond acceptors (Lipinski definition) is 8. The highest BCUT2D eigenvalue weighted by atomic mass is 35.5. The van der Waals surface area contributed by atoms with Gasteiger partial charge in [0.15, 0.2) is 6.61 Å². The highest BCUT2D eigenvalue weighted by Gasteiger charge is 2.09. The van der Waals surface area contributed by atoms with Crippen molar-refractivity contribution < 1.29 is 9.36 Å². The van der Waals surface area contributed by atoms with Gasteiger partial charge < -0.3 is 9.36 Å². The number of rotatable bonds is 4. The lowest BCUT2D eigenvalue weighted by atomic mass is 10.3. The van der Waals surface area contributed by atoms with E-state index in [2.05, 4.69) is 20.3 Å². The minimum atomic E-state index is -0.397. The van der Waals surface area contributed by atoms with Crippen molar-refractivity contribution in [3.8, 4) is 23.5 Å². The van der Waals surface area contributed by atoms with Gasteiger partial charge in [-0.25, -0.2) is 4.98 Å². The number of pyridine rings is 1. The number of nitriles is 2. The van der Waals surface area contributed by atoms with Crippen molar-refractivity contribution in [1.29, 1.82) is 10.5 Å². The van der Waals surface area contributed by atoms with Crippen LogP contribution in [0.5, 0.6) is 0 Å². The van der Waals surface area contributed by atoms with Gasteiger partial charge in [0.1, 0.15) is 17.3 Å². The molecule has 0 bridgehead atoms. The predicted molar refractivity (Wildman–Crippen MR) is 66.0 cm³/mol. The maximum atomic E-state index is 8.45. The Labute approximate surface area is 117 Å². The highest BCUT2D eigenvalue weighted by Crippen LogP contribution is 2.16. The van der Waals surface area contributed by atoms with E-state index >= 15 is 0 Å². The molecule has 0 atom stereocenters. The van der Waals surface area contributed by atoms with E-state index in [0.717, 1.165) is 0 Å². The average molecular weight is 289 g/mol. The Kier molecular flexibility index (Phi) is 4.22. The summed E-state index contributed by atoms with van der Waals surface area (Å²) >= 11 is 5.67. The lowest BCUT2D eigenvalue weighted by molar-refractivity contribution is 0.106. The van der Waals surface area contributed by atoms with Crippen molar-refractivity contribution in [3.05, 3.63) is 29.4 Å². The van der Waals surface area contributed by atoms with Crippen LogP contribution in [0.3, 0.4) is 0 Å². The van der Waals surface area contributed by atoms with Gasteiger partial charge in [0.05, 0.1) is 0 Å². The smallest absolute Gasteiger partial charge is 0.267 e. The van der Waals surface area contributed by atoms with Crippen molar-refractivity contribution in [3.63, 3.8) is 0 Å². The summed E-state index contributed by atoms with van der Waals surface area (Å²) in [5.41, 5.74) is 0.231. The van der Waals surface area contributed by atoms with Crippen LogP contribution < -0.4 is 0 Å². The first-order valence-corrected chi connectivity index (χ1v) is 5.55. The molecule has 98 valence electrons. The molecule has 0 saturated heterocycles. The van der Waals surface area contributed by atoms with E-state index < -0.39 is 5.71 Å². The van der Waals surface area contributed by atoms with Gasteiger partial charge in [0.25, 0.3) is 11.6 Å². The second-order valence-electron chi connectivity index (χ2n) is 3.32. The van der Waals surface area contributed by atoms with Crippen molar-refractivity contribution in [2.24, 2.45) is 5.16 Å². The molecule has 2 heterocycles. The fourth-order valence-electron chi connectivity index (χ4n) is 1.16. The Hall–Kier alpha value is -2.97. The van der Waals surface area contributed by atoms with E-state index in [0.29, 0.717) is 16.5 Å². The number of hydrogen-bond donors (Lipinski definition) is 0. The van der Waals surface area contributed by atoms with Gasteiger partial charge in [-0.05, 0) is 12.1 Å². The SMILES string of the molecule is N#CC(C#N)=NOCc1nc(-c2ccc(Cl)nc2)no1. The molecule has 0 amide bonds. The quantitative estimate of drug-likeness (QED) is 0.477. The number of halogens is 1. The van der Waals surface area contributed by atoms with Gasteiger partial charge in [-0.15, -0.1) is 0 Å². The van der Waals surface area contributed by atoms with Crippen LogP contribution >= 0.6 is 11.6 Å². The third kappa shape index (κ3) is 3.28. The van der Waals surface area contributed by atoms with E-state index in [9.17, 15) is 0 Å². The van der Waals surface area contributed by atoms with Gasteiger partial charge in [0.2, 0.25) is 5.82 Å². The summed E-state index contributed by atoms with van der Waals surface area (Å²) in [6, 6.07) is 6.39.